The van der Waals surface area contributed by atoms with Gasteiger partial charge in [-0.2, -0.15) is 4.90 Å². The second kappa shape index (κ2) is 32.3. The minimum absolute atomic E-state index is 0. The van der Waals surface area contributed by atoms with E-state index in [1.54, 1.807) is 47.7 Å². The van der Waals surface area contributed by atoms with Gasteiger partial charge in [-0.05, 0) is 195 Å². The number of rotatable bonds is 3. The fourth-order valence-electron chi connectivity index (χ4n) is 9.43. The zero-order valence-corrected chi connectivity index (χ0v) is 57.1. The first-order chi connectivity index (χ1) is 37.0. The minimum Gasteiger partial charge on any atom is -0.444 e. The number of nitrogens with two attached hydrogens (primary N) is 3. The lowest BCUT2D eigenvalue weighted by Crippen LogP contribution is -2.44. The molecule has 2 aliphatic carbocycles. The Balaban J connectivity index is 0.000000391. The smallest absolute Gasteiger partial charge is 0.425 e. The first-order valence-corrected chi connectivity index (χ1v) is 28.4. The molecule has 0 unspecified atom stereocenters. The molecule has 29 heteroatoms. The molecular formula is C53H71BBr3Cl4FIN13O6. The van der Waals surface area contributed by atoms with Gasteiger partial charge in [0.1, 0.15) is 46.7 Å². The summed E-state index contributed by atoms with van der Waals surface area (Å²) in [6.45, 7) is 19.5. The number of nitrogens with zero attached hydrogens (tertiary/aromatic N) is 8. The van der Waals surface area contributed by atoms with Crippen molar-refractivity contribution < 1.29 is 32.9 Å². The van der Waals surface area contributed by atoms with Crippen molar-refractivity contribution in [2.75, 3.05) is 47.0 Å². The molecule has 0 saturated carbocycles. The number of carbonyl (C=O) groups excluding carboxylic acids is 3. The molecule has 2 aromatic carbocycles. The Labute approximate surface area is 545 Å². The van der Waals surface area contributed by atoms with E-state index >= 15 is 0 Å². The number of piperidine rings is 2. The molecule has 0 bridgehead atoms. The molecule has 4 aliphatic rings. The summed E-state index contributed by atoms with van der Waals surface area (Å²) in [4.78, 5) is 64.2. The molecule has 2 fully saturated rings. The molecule has 5 aromatic rings. The zero-order valence-electron chi connectivity index (χ0n) is 46.9. The predicted octanol–water partition coefficient (Wildman–Crippen LogP) is 13.6. The van der Waals surface area contributed by atoms with Crippen molar-refractivity contribution in [1.82, 2.24) is 35.2 Å². The van der Waals surface area contributed by atoms with E-state index in [1.807, 2.05) is 20.8 Å². The van der Waals surface area contributed by atoms with E-state index in [0.717, 1.165) is 51.3 Å². The van der Waals surface area contributed by atoms with E-state index in [4.69, 9.17) is 58.9 Å². The Hall–Kier alpha value is -3.51. The van der Waals surface area contributed by atoms with E-state index in [9.17, 15) is 14.4 Å². The number of fused-ring (bicyclic) bond motifs is 2. The second-order valence-electron chi connectivity index (χ2n) is 22.1. The number of imide groups is 1. The summed E-state index contributed by atoms with van der Waals surface area (Å²) in [6.07, 6.45) is 8.65. The number of hydrogen-bond donors (Lipinski definition) is 5. The SMILES string of the molecule is CC(C)(C)OC(=O)N(C(=O)OC(C)(C)C)c1nc(Cl)cnc1Br.CC(C)(C)OC(=O)Nc1nc(N2CCC3(CC2)Cc2ccccc2[C@H]3N)cnc1Br.Cl.Cl.I.N[C@@H]1c2ccccc2CC12CCNCC2.Nc1nc(Cl)cnc1Br.[B]F. The molecule has 3 amide bonds. The largest absolute Gasteiger partial charge is 0.444 e. The monoisotopic (exact) mass is 1520 g/mol. The third-order valence-corrected chi connectivity index (χ3v) is 15.1. The second-order valence-corrected chi connectivity index (χ2v) is 25.2. The maximum atomic E-state index is 12.4. The third-order valence-electron chi connectivity index (χ3n) is 13.0. The van der Waals surface area contributed by atoms with Crippen LogP contribution in [-0.4, -0.2) is 99.3 Å². The van der Waals surface area contributed by atoms with Crippen molar-refractivity contribution in [2.45, 2.75) is 130 Å². The lowest BCUT2D eigenvalue weighted by Gasteiger charge is -2.42. The number of nitrogen functional groups attached to an aromatic ring is 1. The van der Waals surface area contributed by atoms with Gasteiger partial charge >= 0.3 is 26.4 Å². The number of hydrogen-bond acceptors (Lipinski definition) is 17. The average Bonchev–Trinajstić information content (AvgIpc) is 3.82. The highest BCUT2D eigenvalue weighted by Crippen LogP contribution is 2.51. The summed E-state index contributed by atoms with van der Waals surface area (Å²) >= 11 is 20.8. The maximum Gasteiger partial charge on any atom is 0.425 e. The molecule has 9 rings (SSSR count). The van der Waals surface area contributed by atoms with E-state index in [2.05, 4.69) is 150 Å². The molecule has 2 radical (unpaired) electrons. The lowest BCUT2D eigenvalue weighted by molar-refractivity contribution is 0.0427. The summed E-state index contributed by atoms with van der Waals surface area (Å²) < 4.78 is 25.9. The van der Waals surface area contributed by atoms with Crippen LogP contribution in [0.3, 0.4) is 0 Å². The van der Waals surface area contributed by atoms with Crippen LogP contribution in [0.1, 0.15) is 122 Å². The zero-order chi connectivity index (χ0) is 58.7. The van der Waals surface area contributed by atoms with Crippen molar-refractivity contribution >= 4 is 169 Å². The van der Waals surface area contributed by atoms with Crippen LogP contribution >= 0.6 is 120 Å². The molecule has 19 nitrogen and oxygen atoms in total. The lowest BCUT2D eigenvalue weighted by atomic mass is 9.73. The first-order valence-electron chi connectivity index (χ1n) is 25.2. The number of amides is 3. The number of anilines is 4. The first kappa shape index (κ1) is 74.6. The normalized spacial score (nSPS) is 16.9. The quantitative estimate of drug-likeness (QED) is 0.0638. The van der Waals surface area contributed by atoms with Gasteiger partial charge in [0.15, 0.2) is 17.5 Å². The van der Waals surface area contributed by atoms with Crippen LogP contribution in [-0.2, 0) is 27.1 Å². The third kappa shape index (κ3) is 20.9. The summed E-state index contributed by atoms with van der Waals surface area (Å²) in [7, 11) is 3.00. The molecule has 2 saturated heterocycles. The molecule has 8 N–H and O–H groups in total. The van der Waals surface area contributed by atoms with Crippen molar-refractivity contribution in [1.29, 1.82) is 0 Å². The van der Waals surface area contributed by atoms with Crippen molar-refractivity contribution in [3.63, 3.8) is 0 Å². The van der Waals surface area contributed by atoms with Gasteiger partial charge in [0.25, 0.3) is 0 Å². The van der Waals surface area contributed by atoms with E-state index in [1.165, 1.54) is 53.9 Å². The van der Waals surface area contributed by atoms with Crippen LogP contribution in [0.15, 0.2) is 80.9 Å². The average molecular weight is 1520 g/mol. The number of carbonyl (C=O) groups is 3. The topological polar surface area (TPSA) is 265 Å². The predicted molar refractivity (Wildman–Crippen MR) is 348 cm³/mol. The fraction of sp³-hybridized carbons (Fsp3) is 0.491. The van der Waals surface area contributed by atoms with Crippen molar-refractivity contribution in [3.05, 3.63) is 113 Å². The van der Waals surface area contributed by atoms with Crippen LogP contribution in [0.2, 0.25) is 10.3 Å². The van der Waals surface area contributed by atoms with Gasteiger partial charge in [0, 0.05) is 25.2 Å². The Morgan fingerprint density at radius 2 is 1.11 bits per heavy atom. The van der Waals surface area contributed by atoms with Crippen molar-refractivity contribution in [3.8, 4) is 0 Å². The van der Waals surface area contributed by atoms with E-state index in [0.29, 0.717) is 36.3 Å². The van der Waals surface area contributed by atoms with Crippen LogP contribution in [0.25, 0.3) is 0 Å². The summed E-state index contributed by atoms with van der Waals surface area (Å²) in [5.41, 5.74) is 22.2. The Kier molecular flexibility index (Phi) is 29.4. The molecule has 2 spiro atoms. The van der Waals surface area contributed by atoms with E-state index in [-0.39, 0.29) is 81.9 Å². The highest BCUT2D eigenvalue weighted by molar-refractivity contribution is 14.0. The number of halogens is 9. The standard InChI is InChI=1S/C22H28BrN5O2.C14H19BrClN3O4.C13H18N2.C4H3BrClN3.BF.2ClH.HI/c1-21(2,3)30-20(29)27-19-18(23)25-13-16(26-19)28-10-8-22(9-11-28)12-14-6-4-5-7-15(14)17(22)24;1-13(2,3)22-11(20)19(12(21)23-14(4,5)6)10-9(15)17-7-8(16)18-10;14-12-11-4-2-1-3-10(11)9-13(12)5-7-15-8-6-13;5-3-4(7)9-2(6)1-8-3;1-2;;;/h4-7,13,17H,8-12,24H2,1-3H3,(H,26,27,29);7H,1-6H3;1-4,12,15H,5-9,14H2;1H,(H2,7,9);;3*1H/t17-;;12-;;;;;/m1.1...../s1. The molecule has 5 heterocycles. The van der Waals surface area contributed by atoms with Gasteiger partial charge in [-0.1, -0.05) is 71.7 Å². The van der Waals surface area contributed by atoms with E-state index < -0.39 is 35.1 Å². The molecular weight excluding hydrogens is 1450 g/mol. The number of aromatic nitrogens is 6. The number of ether oxygens (including phenoxy) is 3. The number of nitrogens with one attached hydrogen (secondary N) is 2. The van der Waals surface area contributed by atoms with Crippen LogP contribution in [0.4, 0.5) is 42.0 Å². The van der Waals surface area contributed by atoms with Gasteiger partial charge in [0.05, 0.1) is 18.6 Å². The molecule has 82 heavy (non-hydrogen) atoms. The van der Waals surface area contributed by atoms with Gasteiger partial charge in [-0.25, -0.2) is 44.3 Å². The summed E-state index contributed by atoms with van der Waals surface area (Å²) in [5, 5.41) is 6.43. The van der Waals surface area contributed by atoms with Crippen LogP contribution in [0.5, 0.6) is 0 Å². The summed E-state index contributed by atoms with van der Waals surface area (Å²) in [5.74, 6) is 1.29. The van der Waals surface area contributed by atoms with Crippen LogP contribution < -0.4 is 37.6 Å². The van der Waals surface area contributed by atoms with Crippen molar-refractivity contribution in [2.24, 2.45) is 22.3 Å². The minimum atomic E-state index is -0.941. The van der Waals surface area contributed by atoms with Gasteiger partial charge in [-0.3, -0.25) is 5.32 Å². The highest BCUT2D eigenvalue weighted by atomic mass is 127. The molecule has 3 aromatic heterocycles. The van der Waals surface area contributed by atoms with Gasteiger partial charge < -0.3 is 45.9 Å². The van der Waals surface area contributed by atoms with Gasteiger partial charge in [0.2, 0.25) is 0 Å². The Morgan fingerprint density at radius 1 is 0.683 bits per heavy atom. The maximum absolute atomic E-state index is 12.4. The Bertz CT molecular complexity index is 2900. The molecule has 450 valence electrons. The van der Waals surface area contributed by atoms with Gasteiger partial charge in [-0.15, -0.1) is 48.8 Å². The summed E-state index contributed by atoms with van der Waals surface area (Å²) in [6, 6.07) is 17.6. The molecule has 2 aliphatic heterocycles. The Morgan fingerprint density at radius 3 is 1.55 bits per heavy atom. The number of benzene rings is 2. The fourth-order valence-corrected chi connectivity index (χ4v) is 10.5. The van der Waals surface area contributed by atoms with Crippen LogP contribution in [0, 0.1) is 10.8 Å². The highest BCUT2D eigenvalue weighted by Gasteiger charge is 2.47. The molecule has 2 atom stereocenters.